The van der Waals surface area contributed by atoms with Gasteiger partial charge in [0.25, 0.3) is 5.91 Å². The summed E-state index contributed by atoms with van der Waals surface area (Å²) >= 11 is 0. The molecule has 0 aliphatic heterocycles. The Morgan fingerprint density at radius 2 is 2.15 bits per heavy atom. The number of aromatic nitrogens is 4. The average molecular weight is 351 g/mol. The molecule has 134 valence electrons. The maximum atomic E-state index is 12.4. The van der Waals surface area contributed by atoms with Gasteiger partial charge in [0, 0.05) is 36.8 Å². The fourth-order valence-corrected chi connectivity index (χ4v) is 3.31. The van der Waals surface area contributed by atoms with Crippen molar-refractivity contribution in [3.8, 4) is 5.69 Å². The fraction of sp³-hybridized carbons (Fsp3) is 0.368. The summed E-state index contributed by atoms with van der Waals surface area (Å²) in [6.45, 7) is 0.467. The number of carbonyl (C=O) groups is 1. The van der Waals surface area contributed by atoms with Crippen molar-refractivity contribution in [2.24, 2.45) is 0 Å². The first-order valence-corrected chi connectivity index (χ1v) is 9.00. The molecule has 1 aromatic carbocycles. The molecule has 7 heteroatoms. The van der Waals surface area contributed by atoms with Crippen LogP contribution < -0.4 is 5.32 Å². The van der Waals surface area contributed by atoms with E-state index in [9.17, 15) is 4.79 Å². The van der Waals surface area contributed by atoms with Gasteiger partial charge < -0.3 is 9.84 Å². The predicted molar refractivity (Wildman–Crippen MR) is 95.1 cm³/mol. The van der Waals surface area contributed by atoms with Crippen LogP contribution in [0.3, 0.4) is 0 Å². The summed E-state index contributed by atoms with van der Waals surface area (Å²) in [6.07, 6.45) is 8.83. The summed E-state index contributed by atoms with van der Waals surface area (Å²) < 4.78 is 7.09. The molecule has 0 unspecified atom stereocenters. The average Bonchev–Trinajstić information content (AvgIpc) is 3.43. The van der Waals surface area contributed by atoms with Crippen LogP contribution in [0.2, 0.25) is 0 Å². The van der Waals surface area contributed by atoms with Gasteiger partial charge in [-0.15, -0.1) is 0 Å². The van der Waals surface area contributed by atoms with Crippen molar-refractivity contribution >= 4 is 5.91 Å². The first-order valence-electron chi connectivity index (χ1n) is 9.00. The van der Waals surface area contributed by atoms with Gasteiger partial charge in [0.1, 0.15) is 0 Å². The number of nitrogens with one attached hydrogen (secondary N) is 1. The highest BCUT2D eigenvalue weighted by Gasteiger charge is 2.22. The van der Waals surface area contributed by atoms with E-state index in [1.165, 1.54) is 12.8 Å². The molecule has 2 heterocycles. The molecule has 1 N–H and O–H groups in total. The van der Waals surface area contributed by atoms with Crippen molar-refractivity contribution in [2.45, 2.75) is 38.0 Å². The third-order valence-corrected chi connectivity index (χ3v) is 4.70. The second-order valence-corrected chi connectivity index (χ2v) is 6.54. The molecule has 1 fully saturated rings. The molecule has 1 saturated carbocycles. The normalized spacial score (nSPS) is 14.6. The minimum absolute atomic E-state index is 0.126. The van der Waals surface area contributed by atoms with Crippen LogP contribution in [0, 0.1) is 0 Å². The Morgan fingerprint density at radius 3 is 2.96 bits per heavy atom. The molecular formula is C19H21N5O2. The second kappa shape index (κ2) is 7.51. The zero-order chi connectivity index (χ0) is 17.8. The molecule has 1 amide bonds. The van der Waals surface area contributed by atoms with Crippen molar-refractivity contribution in [3.05, 3.63) is 60.0 Å². The zero-order valence-electron chi connectivity index (χ0n) is 14.5. The van der Waals surface area contributed by atoms with E-state index in [1.807, 2.05) is 30.5 Å². The van der Waals surface area contributed by atoms with Crippen LogP contribution in [-0.4, -0.2) is 32.4 Å². The van der Waals surface area contributed by atoms with E-state index in [2.05, 4.69) is 20.6 Å². The molecule has 0 atom stereocenters. The van der Waals surface area contributed by atoms with Gasteiger partial charge in [-0.05, 0) is 37.1 Å². The van der Waals surface area contributed by atoms with Gasteiger partial charge in [-0.2, -0.15) is 10.1 Å². The van der Waals surface area contributed by atoms with Gasteiger partial charge in [0.15, 0.2) is 5.82 Å². The van der Waals surface area contributed by atoms with E-state index in [0.717, 1.165) is 24.4 Å². The topological polar surface area (TPSA) is 85.8 Å². The van der Waals surface area contributed by atoms with E-state index in [-0.39, 0.29) is 5.91 Å². The Kier molecular flexibility index (Phi) is 4.77. The maximum Gasteiger partial charge on any atom is 0.251 e. The van der Waals surface area contributed by atoms with Crippen LogP contribution in [0.5, 0.6) is 0 Å². The Labute approximate surface area is 151 Å². The molecular weight excluding hydrogens is 330 g/mol. The number of hydrogen-bond acceptors (Lipinski definition) is 5. The number of rotatable bonds is 6. The minimum atomic E-state index is -0.126. The smallest absolute Gasteiger partial charge is 0.251 e. The van der Waals surface area contributed by atoms with E-state index >= 15 is 0 Å². The summed E-state index contributed by atoms with van der Waals surface area (Å²) in [5.74, 6) is 1.68. The van der Waals surface area contributed by atoms with Crippen molar-refractivity contribution in [3.63, 3.8) is 0 Å². The van der Waals surface area contributed by atoms with Gasteiger partial charge in [-0.3, -0.25) is 4.79 Å². The lowest BCUT2D eigenvalue weighted by molar-refractivity contribution is 0.0954. The highest BCUT2D eigenvalue weighted by molar-refractivity contribution is 5.94. The molecule has 0 radical (unpaired) electrons. The maximum absolute atomic E-state index is 12.4. The molecule has 2 aromatic heterocycles. The van der Waals surface area contributed by atoms with E-state index in [4.69, 9.17) is 4.52 Å². The van der Waals surface area contributed by atoms with Gasteiger partial charge in [-0.25, -0.2) is 4.68 Å². The second-order valence-electron chi connectivity index (χ2n) is 6.54. The van der Waals surface area contributed by atoms with Crippen molar-refractivity contribution in [2.75, 3.05) is 6.54 Å². The molecule has 1 aliphatic carbocycles. The van der Waals surface area contributed by atoms with Gasteiger partial charge >= 0.3 is 0 Å². The predicted octanol–water partition coefficient (Wildman–Crippen LogP) is 2.89. The lowest BCUT2D eigenvalue weighted by atomic mass is 10.1. The number of hydrogen-bond donors (Lipinski definition) is 1. The number of benzene rings is 1. The number of nitrogens with zero attached hydrogens (tertiary/aromatic N) is 4. The molecule has 0 bridgehead atoms. The first-order chi connectivity index (χ1) is 12.8. The Morgan fingerprint density at radius 1 is 1.27 bits per heavy atom. The van der Waals surface area contributed by atoms with Crippen LogP contribution in [0.15, 0.2) is 47.2 Å². The molecule has 7 nitrogen and oxygen atoms in total. The van der Waals surface area contributed by atoms with Gasteiger partial charge in [-0.1, -0.05) is 24.1 Å². The summed E-state index contributed by atoms with van der Waals surface area (Å²) in [4.78, 5) is 16.8. The summed E-state index contributed by atoms with van der Waals surface area (Å²) in [6, 6.07) is 9.20. The van der Waals surface area contributed by atoms with Crippen LogP contribution >= 0.6 is 0 Å². The highest BCUT2D eigenvalue weighted by atomic mass is 16.5. The van der Waals surface area contributed by atoms with Crippen molar-refractivity contribution in [1.82, 2.24) is 25.2 Å². The van der Waals surface area contributed by atoms with Crippen molar-refractivity contribution in [1.29, 1.82) is 0 Å². The molecule has 3 aromatic rings. The molecule has 0 spiro atoms. The fourth-order valence-electron chi connectivity index (χ4n) is 3.31. The van der Waals surface area contributed by atoms with Gasteiger partial charge in [0.05, 0.1) is 5.69 Å². The summed E-state index contributed by atoms with van der Waals surface area (Å²) in [5, 5.41) is 11.1. The standard InChI is InChI=1S/C19H21N5O2/c25-18(15-7-3-8-16(13-15)24-12-4-10-21-24)20-11-9-17-22-19(26-23-17)14-5-1-2-6-14/h3-4,7-8,10,12-14H,1-2,5-6,9,11H2,(H,20,25). The lowest BCUT2D eigenvalue weighted by Crippen LogP contribution is -2.26. The minimum Gasteiger partial charge on any atom is -0.352 e. The Bertz CT molecular complexity index is 866. The molecule has 1 aliphatic rings. The van der Waals surface area contributed by atoms with E-state index in [1.54, 1.807) is 16.9 Å². The first kappa shape index (κ1) is 16.5. The SMILES string of the molecule is O=C(NCCc1noc(C2CCCC2)n1)c1cccc(-n2cccn2)c1. The summed E-state index contributed by atoms with van der Waals surface area (Å²) in [5.41, 5.74) is 1.44. The van der Waals surface area contributed by atoms with Crippen LogP contribution in [0.1, 0.15) is 53.7 Å². The van der Waals surface area contributed by atoms with Crippen molar-refractivity contribution < 1.29 is 9.32 Å². The zero-order valence-corrected chi connectivity index (χ0v) is 14.5. The van der Waals surface area contributed by atoms with Gasteiger partial charge in [0.2, 0.25) is 5.89 Å². The van der Waals surface area contributed by atoms with E-state index < -0.39 is 0 Å². The highest BCUT2D eigenvalue weighted by Crippen LogP contribution is 2.32. The lowest BCUT2D eigenvalue weighted by Gasteiger charge is -2.06. The number of carbonyl (C=O) groups excluding carboxylic acids is 1. The molecule has 4 rings (SSSR count). The monoisotopic (exact) mass is 351 g/mol. The van der Waals surface area contributed by atoms with Crippen LogP contribution in [-0.2, 0) is 6.42 Å². The Hall–Kier alpha value is -2.96. The third-order valence-electron chi connectivity index (χ3n) is 4.70. The quantitative estimate of drug-likeness (QED) is 0.738. The third kappa shape index (κ3) is 3.66. The van der Waals surface area contributed by atoms with E-state index in [0.29, 0.717) is 30.3 Å². The molecule has 0 saturated heterocycles. The molecule has 26 heavy (non-hydrogen) atoms. The number of amides is 1. The largest absolute Gasteiger partial charge is 0.352 e. The van der Waals surface area contributed by atoms with Crippen LogP contribution in [0.25, 0.3) is 5.69 Å². The van der Waals surface area contributed by atoms with Crippen LogP contribution in [0.4, 0.5) is 0 Å². The summed E-state index contributed by atoms with van der Waals surface area (Å²) in [7, 11) is 0. The Balaban J connectivity index is 1.32.